The Morgan fingerprint density at radius 3 is 2.10 bits per heavy atom. The maximum Gasteiger partial charge on any atom is 0.255 e. The van der Waals surface area contributed by atoms with Crippen LogP contribution in [0.4, 0.5) is 5.69 Å². The zero-order valence-electron chi connectivity index (χ0n) is 12.4. The molecule has 0 spiro atoms. The molecule has 0 atom stereocenters. The Kier molecular flexibility index (Phi) is 4.48. The third kappa shape index (κ3) is 4.20. The SMILES string of the molecule is Cc1cc(C)c(/C=C/S(=O)(=O)Nc2ccccc2)c(C)c1. The average molecular weight is 301 g/mol. The monoisotopic (exact) mass is 301 g/mol. The van der Waals surface area contributed by atoms with E-state index >= 15 is 0 Å². The van der Waals surface area contributed by atoms with Gasteiger partial charge in [0, 0.05) is 5.69 Å². The summed E-state index contributed by atoms with van der Waals surface area (Å²) in [6.07, 6.45) is 1.65. The normalized spacial score (nSPS) is 11.8. The molecule has 1 N–H and O–H groups in total. The molecule has 0 aliphatic heterocycles. The van der Waals surface area contributed by atoms with Crippen molar-refractivity contribution in [2.24, 2.45) is 0 Å². The predicted octanol–water partition coefficient (Wildman–Crippen LogP) is 4.02. The highest BCUT2D eigenvalue weighted by atomic mass is 32.2. The standard InChI is InChI=1S/C17H19NO2S/c1-13-11-14(2)17(15(3)12-13)9-10-21(19,20)18-16-7-5-4-6-8-16/h4-12,18H,1-3H3/b10-9+. The van der Waals surface area contributed by atoms with Gasteiger partial charge in [-0.25, -0.2) is 8.42 Å². The van der Waals surface area contributed by atoms with Gasteiger partial charge < -0.3 is 0 Å². The fourth-order valence-electron chi connectivity index (χ4n) is 2.32. The Bertz CT molecular complexity index is 740. The Balaban J connectivity index is 2.25. The fraction of sp³-hybridized carbons (Fsp3) is 0.176. The van der Waals surface area contributed by atoms with Crippen LogP contribution in [0.2, 0.25) is 0 Å². The minimum atomic E-state index is -3.51. The smallest absolute Gasteiger partial charge is 0.255 e. The molecule has 0 bridgehead atoms. The third-order valence-electron chi connectivity index (χ3n) is 3.19. The topological polar surface area (TPSA) is 46.2 Å². The number of anilines is 1. The van der Waals surface area contributed by atoms with Crippen LogP contribution >= 0.6 is 0 Å². The quantitative estimate of drug-likeness (QED) is 0.927. The second kappa shape index (κ2) is 6.14. The first-order chi connectivity index (χ1) is 9.87. The van der Waals surface area contributed by atoms with Crippen molar-refractivity contribution in [2.45, 2.75) is 20.8 Å². The molecule has 0 aliphatic carbocycles. The van der Waals surface area contributed by atoms with E-state index in [1.54, 1.807) is 30.3 Å². The summed E-state index contributed by atoms with van der Waals surface area (Å²) in [5.41, 5.74) is 4.81. The molecule has 0 radical (unpaired) electrons. The van der Waals surface area contributed by atoms with Crippen LogP contribution in [0.5, 0.6) is 0 Å². The Morgan fingerprint density at radius 2 is 1.52 bits per heavy atom. The molecule has 0 unspecified atom stereocenters. The average Bonchev–Trinajstić information content (AvgIpc) is 2.37. The largest absolute Gasteiger partial charge is 0.280 e. The molecule has 2 rings (SSSR count). The van der Waals surface area contributed by atoms with Crippen LogP contribution < -0.4 is 4.72 Å². The van der Waals surface area contributed by atoms with Gasteiger partial charge in [-0.15, -0.1) is 0 Å². The zero-order valence-corrected chi connectivity index (χ0v) is 13.2. The number of benzene rings is 2. The Hall–Kier alpha value is -2.07. The summed E-state index contributed by atoms with van der Waals surface area (Å²) in [5.74, 6) is 0. The minimum absolute atomic E-state index is 0.555. The van der Waals surface area contributed by atoms with Crippen molar-refractivity contribution in [3.8, 4) is 0 Å². The van der Waals surface area contributed by atoms with Gasteiger partial charge in [-0.05, 0) is 55.7 Å². The van der Waals surface area contributed by atoms with E-state index in [4.69, 9.17) is 0 Å². The lowest BCUT2D eigenvalue weighted by Gasteiger charge is -2.08. The zero-order chi connectivity index (χ0) is 15.5. The van der Waals surface area contributed by atoms with Crippen molar-refractivity contribution >= 4 is 21.8 Å². The van der Waals surface area contributed by atoms with Gasteiger partial charge in [-0.3, -0.25) is 4.72 Å². The van der Waals surface area contributed by atoms with Crippen molar-refractivity contribution < 1.29 is 8.42 Å². The molecule has 0 amide bonds. The first-order valence-electron chi connectivity index (χ1n) is 6.71. The highest BCUT2D eigenvalue weighted by Gasteiger charge is 2.06. The van der Waals surface area contributed by atoms with Gasteiger partial charge in [-0.2, -0.15) is 0 Å². The predicted molar refractivity (Wildman–Crippen MR) is 88.7 cm³/mol. The third-order valence-corrected chi connectivity index (χ3v) is 4.20. The maximum absolute atomic E-state index is 12.1. The van der Waals surface area contributed by atoms with Gasteiger partial charge in [-0.1, -0.05) is 35.9 Å². The molecular weight excluding hydrogens is 282 g/mol. The van der Waals surface area contributed by atoms with Gasteiger partial charge in [0.25, 0.3) is 10.0 Å². The number of rotatable bonds is 4. The maximum atomic E-state index is 12.1. The molecule has 3 nitrogen and oxygen atoms in total. The summed E-state index contributed by atoms with van der Waals surface area (Å²) in [6.45, 7) is 6.00. The van der Waals surface area contributed by atoms with Crippen LogP contribution in [0.3, 0.4) is 0 Å². The minimum Gasteiger partial charge on any atom is -0.280 e. The van der Waals surface area contributed by atoms with Crippen LogP contribution in [0.15, 0.2) is 47.9 Å². The molecular formula is C17H19NO2S. The van der Waals surface area contributed by atoms with Crippen molar-refractivity contribution in [1.82, 2.24) is 0 Å². The van der Waals surface area contributed by atoms with Crippen LogP contribution in [-0.4, -0.2) is 8.42 Å². The van der Waals surface area contributed by atoms with E-state index in [2.05, 4.69) is 4.72 Å². The van der Waals surface area contributed by atoms with Crippen molar-refractivity contribution in [1.29, 1.82) is 0 Å². The summed E-state index contributed by atoms with van der Waals surface area (Å²) < 4.78 is 26.7. The molecule has 0 saturated carbocycles. The molecule has 0 saturated heterocycles. The highest BCUT2D eigenvalue weighted by molar-refractivity contribution is 7.95. The van der Waals surface area contributed by atoms with Crippen LogP contribution in [0.1, 0.15) is 22.3 Å². The number of hydrogen-bond acceptors (Lipinski definition) is 2. The summed E-state index contributed by atoms with van der Waals surface area (Å²) in [4.78, 5) is 0. The summed E-state index contributed by atoms with van der Waals surface area (Å²) in [6, 6.07) is 12.9. The van der Waals surface area contributed by atoms with Crippen LogP contribution in [0.25, 0.3) is 6.08 Å². The molecule has 110 valence electrons. The number of nitrogens with one attached hydrogen (secondary N) is 1. The Morgan fingerprint density at radius 1 is 0.952 bits per heavy atom. The highest BCUT2D eigenvalue weighted by Crippen LogP contribution is 2.19. The first kappa shape index (κ1) is 15.3. The molecule has 0 aromatic heterocycles. The van der Waals surface area contributed by atoms with Crippen LogP contribution in [0, 0.1) is 20.8 Å². The van der Waals surface area contributed by atoms with Gasteiger partial charge in [0.05, 0.1) is 5.41 Å². The van der Waals surface area contributed by atoms with E-state index in [0.717, 1.165) is 16.7 Å². The lowest BCUT2D eigenvalue weighted by molar-refractivity contribution is 0.609. The van der Waals surface area contributed by atoms with Gasteiger partial charge >= 0.3 is 0 Å². The van der Waals surface area contributed by atoms with E-state index in [0.29, 0.717) is 5.69 Å². The second-order valence-corrected chi connectivity index (χ2v) is 6.69. The lowest BCUT2D eigenvalue weighted by Crippen LogP contribution is -2.08. The molecule has 4 heteroatoms. The fourth-order valence-corrected chi connectivity index (χ4v) is 3.16. The van der Waals surface area contributed by atoms with Crippen molar-refractivity contribution in [2.75, 3.05) is 4.72 Å². The van der Waals surface area contributed by atoms with Gasteiger partial charge in [0.2, 0.25) is 0 Å². The van der Waals surface area contributed by atoms with Crippen molar-refractivity contribution in [3.05, 3.63) is 70.1 Å². The summed E-state index contributed by atoms with van der Waals surface area (Å²) in [5, 5.41) is 1.21. The molecule has 21 heavy (non-hydrogen) atoms. The number of aryl methyl sites for hydroxylation is 3. The second-order valence-electron chi connectivity index (χ2n) is 5.13. The lowest BCUT2D eigenvalue weighted by atomic mass is 10.0. The van der Waals surface area contributed by atoms with Crippen LogP contribution in [-0.2, 0) is 10.0 Å². The summed E-state index contributed by atoms with van der Waals surface area (Å²) >= 11 is 0. The molecule has 2 aromatic carbocycles. The first-order valence-corrected chi connectivity index (χ1v) is 8.26. The molecule has 2 aromatic rings. The van der Waals surface area contributed by atoms with Gasteiger partial charge in [0.1, 0.15) is 0 Å². The summed E-state index contributed by atoms with van der Waals surface area (Å²) in [7, 11) is -3.51. The number of sulfonamides is 1. The van der Waals surface area contributed by atoms with E-state index in [9.17, 15) is 8.42 Å². The number of hydrogen-bond donors (Lipinski definition) is 1. The van der Waals surface area contributed by atoms with Crippen molar-refractivity contribution in [3.63, 3.8) is 0 Å². The molecule has 0 fully saturated rings. The van der Waals surface area contributed by atoms with E-state index in [1.165, 1.54) is 11.0 Å². The number of para-hydroxylation sites is 1. The molecule has 0 aliphatic rings. The van der Waals surface area contributed by atoms with E-state index < -0.39 is 10.0 Å². The van der Waals surface area contributed by atoms with E-state index in [1.807, 2.05) is 39.0 Å². The van der Waals surface area contributed by atoms with E-state index in [-0.39, 0.29) is 0 Å². The van der Waals surface area contributed by atoms with Gasteiger partial charge in [0.15, 0.2) is 0 Å². The Labute approximate surface area is 126 Å². The molecule has 0 heterocycles.